The van der Waals surface area contributed by atoms with Gasteiger partial charge < -0.3 is 14.4 Å². The van der Waals surface area contributed by atoms with Gasteiger partial charge in [0.15, 0.2) is 5.76 Å². The maximum atomic E-state index is 14.2. The fourth-order valence-electron chi connectivity index (χ4n) is 5.19. The van der Waals surface area contributed by atoms with E-state index in [-0.39, 0.29) is 29.6 Å². The van der Waals surface area contributed by atoms with Gasteiger partial charge in [0.25, 0.3) is 0 Å². The molecule has 0 bridgehead atoms. The van der Waals surface area contributed by atoms with E-state index in [1.54, 1.807) is 31.2 Å². The molecule has 0 radical (unpaired) electrons. The largest absolute Gasteiger partial charge is 0.513 e. The summed E-state index contributed by atoms with van der Waals surface area (Å²) in [6, 6.07) is 19.5. The fourth-order valence-corrected chi connectivity index (χ4v) is 5.19. The summed E-state index contributed by atoms with van der Waals surface area (Å²) in [6.45, 7) is 2.33. The van der Waals surface area contributed by atoms with E-state index in [2.05, 4.69) is 5.10 Å². The van der Waals surface area contributed by atoms with Crippen molar-refractivity contribution in [3.63, 3.8) is 0 Å². The lowest BCUT2D eigenvalue weighted by molar-refractivity contribution is -0.137. The van der Waals surface area contributed by atoms with Gasteiger partial charge in [0, 0.05) is 12.2 Å². The number of hydrogen-bond donors (Lipinski definition) is 0. The molecular weight excluding hydrogens is 589 g/mol. The van der Waals surface area contributed by atoms with E-state index in [1.165, 1.54) is 26.3 Å². The van der Waals surface area contributed by atoms with E-state index < -0.39 is 29.6 Å². The quantitative estimate of drug-likeness (QED) is 0.239. The smallest absolute Gasteiger partial charge is 0.437 e. The molecule has 1 aliphatic rings. The maximum Gasteiger partial charge on any atom is 0.513 e. The first-order valence-electron chi connectivity index (χ1n) is 13.8. The predicted molar refractivity (Wildman–Crippen MR) is 158 cm³/mol. The summed E-state index contributed by atoms with van der Waals surface area (Å²) in [5, 5.41) is 13.9. The third-order valence-corrected chi connectivity index (χ3v) is 7.25. The zero-order valence-corrected chi connectivity index (χ0v) is 24.9. The molecule has 13 heteroatoms. The second-order valence-electron chi connectivity index (χ2n) is 10.7. The number of nitrogens with zero attached hydrogens (tertiary/aromatic N) is 6. The van der Waals surface area contributed by atoms with Gasteiger partial charge in [-0.25, -0.2) is 18.8 Å². The molecule has 5 rings (SSSR count). The number of anilines is 2. The molecule has 1 aliphatic heterocycles. The van der Waals surface area contributed by atoms with Crippen LogP contribution in [0, 0.1) is 11.3 Å². The Labute approximate surface area is 256 Å². The molecule has 232 valence electrons. The van der Waals surface area contributed by atoms with E-state index in [4.69, 9.17) is 9.47 Å². The van der Waals surface area contributed by atoms with Crippen molar-refractivity contribution in [2.75, 3.05) is 26.1 Å². The van der Waals surface area contributed by atoms with Crippen molar-refractivity contribution in [3.05, 3.63) is 123 Å². The van der Waals surface area contributed by atoms with Crippen molar-refractivity contribution in [1.82, 2.24) is 19.2 Å². The summed E-state index contributed by atoms with van der Waals surface area (Å²) in [5.41, 5.74) is 1.39. The molecule has 0 N–H and O–H groups in total. The molecule has 0 amide bonds. The monoisotopic (exact) mass is 618 g/mol. The number of carbonyl (C=O) groups is 1. The minimum atomic E-state index is -4.64. The Balaban J connectivity index is 1.72. The lowest BCUT2D eigenvalue weighted by atomic mass is 10.00. The Morgan fingerprint density at radius 1 is 1.04 bits per heavy atom. The lowest BCUT2D eigenvalue weighted by Crippen LogP contribution is -2.37. The highest BCUT2D eigenvalue weighted by atomic mass is 19.4. The van der Waals surface area contributed by atoms with Crippen LogP contribution >= 0.6 is 0 Å². The van der Waals surface area contributed by atoms with Crippen LogP contribution in [0.2, 0.25) is 0 Å². The van der Waals surface area contributed by atoms with Crippen LogP contribution in [0.25, 0.3) is 0 Å². The van der Waals surface area contributed by atoms with Crippen molar-refractivity contribution in [1.29, 1.82) is 5.26 Å². The molecular formula is C32H29F3N6O4. The van der Waals surface area contributed by atoms with Crippen LogP contribution in [0.1, 0.15) is 40.8 Å². The maximum absolute atomic E-state index is 14.2. The highest BCUT2D eigenvalue weighted by Gasteiger charge is 2.40. The van der Waals surface area contributed by atoms with E-state index in [0.717, 1.165) is 36.9 Å². The molecule has 2 heterocycles. The minimum absolute atomic E-state index is 0.00706. The molecule has 45 heavy (non-hydrogen) atoms. The number of halogens is 3. The number of methoxy groups -OCH3 is 1. The van der Waals surface area contributed by atoms with Crippen LogP contribution in [-0.2, 0) is 28.7 Å². The Kier molecular flexibility index (Phi) is 8.52. The second kappa shape index (κ2) is 12.3. The van der Waals surface area contributed by atoms with Crippen molar-refractivity contribution >= 4 is 17.8 Å². The van der Waals surface area contributed by atoms with Crippen LogP contribution < -0.4 is 10.6 Å². The van der Waals surface area contributed by atoms with Crippen molar-refractivity contribution in [2.24, 2.45) is 0 Å². The number of carbonyl (C=O) groups excluding carboxylic acids is 1. The minimum Gasteiger partial charge on any atom is -0.437 e. The van der Waals surface area contributed by atoms with E-state index in [1.807, 2.05) is 49.3 Å². The average Bonchev–Trinajstić information content (AvgIpc) is 3.32. The number of benzene rings is 3. The highest BCUT2D eigenvalue weighted by molar-refractivity contribution is 5.69. The van der Waals surface area contributed by atoms with Crippen LogP contribution in [-0.4, -0.2) is 46.6 Å². The Morgan fingerprint density at radius 3 is 2.31 bits per heavy atom. The molecule has 0 fully saturated rings. The third-order valence-electron chi connectivity index (χ3n) is 7.25. The molecule has 0 saturated heterocycles. The molecule has 0 saturated carbocycles. The summed E-state index contributed by atoms with van der Waals surface area (Å²) >= 11 is 0. The Hall–Kier alpha value is -5.35. The predicted octanol–water partition coefficient (Wildman–Crippen LogP) is 5.80. The van der Waals surface area contributed by atoms with Crippen LogP contribution in [0.3, 0.4) is 0 Å². The van der Waals surface area contributed by atoms with Crippen LogP contribution in [0.4, 0.5) is 29.6 Å². The molecule has 4 aromatic rings. The number of fused-ring (bicyclic) bond motifs is 1. The first-order valence-corrected chi connectivity index (χ1v) is 13.8. The van der Waals surface area contributed by atoms with Crippen molar-refractivity contribution in [3.8, 4) is 6.07 Å². The number of aromatic nitrogens is 3. The number of hydrogen-bond acceptors (Lipinski definition) is 8. The zero-order chi connectivity index (χ0) is 32.5. The van der Waals surface area contributed by atoms with Gasteiger partial charge in [0.1, 0.15) is 6.04 Å². The van der Waals surface area contributed by atoms with E-state index in [9.17, 15) is 28.0 Å². The summed E-state index contributed by atoms with van der Waals surface area (Å²) < 4.78 is 54.1. The molecule has 10 nitrogen and oxygen atoms in total. The third kappa shape index (κ3) is 6.32. The summed E-state index contributed by atoms with van der Waals surface area (Å²) in [5.74, 6) is -0.0567. The summed E-state index contributed by atoms with van der Waals surface area (Å²) in [6.07, 6.45) is -5.73. The first kappa shape index (κ1) is 31.1. The Morgan fingerprint density at radius 2 is 1.71 bits per heavy atom. The van der Waals surface area contributed by atoms with Gasteiger partial charge in [-0.05, 0) is 68.0 Å². The molecule has 1 atom stereocenters. The van der Waals surface area contributed by atoms with Gasteiger partial charge in [-0.2, -0.15) is 18.4 Å². The van der Waals surface area contributed by atoms with Crippen LogP contribution in [0.15, 0.2) is 89.0 Å². The van der Waals surface area contributed by atoms with Crippen molar-refractivity contribution < 1.29 is 27.4 Å². The van der Waals surface area contributed by atoms with Gasteiger partial charge in [0.2, 0.25) is 5.95 Å². The van der Waals surface area contributed by atoms with E-state index in [0.29, 0.717) is 11.1 Å². The SMILES string of the molecule is COC(=O)OC1=C(C)N(c2cccc(C(F)(F)F)c2)c2nn(Cc3ccc(CN(C)C)cc3)c(=O)n2C1c1ccc(C#N)cc1. The average molecular weight is 619 g/mol. The number of alkyl halides is 3. The topological polar surface area (TPSA) is 106 Å². The summed E-state index contributed by atoms with van der Waals surface area (Å²) in [7, 11) is 5.03. The second-order valence-corrected chi connectivity index (χ2v) is 10.7. The number of nitriles is 1. The molecule has 0 aliphatic carbocycles. The summed E-state index contributed by atoms with van der Waals surface area (Å²) in [4.78, 5) is 30.0. The van der Waals surface area contributed by atoms with Crippen molar-refractivity contribution in [2.45, 2.75) is 32.2 Å². The Bertz CT molecular complexity index is 1850. The first-order chi connectivity index (χ1) is 21.4. The van der Waals surface area contributed by atoms with Gasteiger partial charge in [-0.15, -0.1) is 5.10 Å². The van der Waals surface area contributed by atoms with Gasteiger partial charge in [0.05, 0.1) is 36.5 Å². The highest BCUT2D eigenvalue weighted by Crippen LogP contribution is 2.43. The number of ether oxygens (including phenoxy) is 2. The normalized spacial score (nSPS) is 14.7. The van der Waals surface area contributed by atoms with Gasteiger partial charge >= 0.3 is 18.0 Å². The standard InChI is InChI=1S/C32H29F3N6O4/c1-20-28(45-31(43)44-4)27(24-14-12-21(17-36)13-15-24)41-29(40(20)26-7-5-6-25(16-26)32(33,34)35)37-39(30(41)42)19-23-10-8-22(9-11-23)18-38(2)3/h5-16,27H,18-19H2,1-4H3. The molecule has 1 aromatic heterocycles. The van der Waals surface area contributed by atoms with Gasteiger partial charge in [-0.1, -0.05) is 42.5 Å². The molecule has 0 spiro atoms. The lowest BCUT2D eigenvalue weighted by Gasteiger charge is -2.35. The van der Waals surface area contributed by atoms with Crippen LogP contribution in [0.5, 0.6) is 0 Å². The number of rotatable bonds is 7. The fraction of sp³-hybridized carbons (Fsp3) is 0.250. The number of allylic oxidation sites excluding steroid dienone is 2. The molecule has 1 unspecified atom stereocenters. The molecule has 3 aromatic carbocycles. The van der Waals surface area contributed by atoms with E-state index >= 15 is 0 Å². The van der Waals surface area contributed by atoms with Gasteiger partial charge in [-0.3, -0.25) is 4.90 Å². The zero-order valence-electron chi connectivity index (χ0n) is 24.9.